The molecule has 1 N–H and O–H groups in total. The van der Waals surface area contributed by atoms with E-state index in [0.717, 1.165) is 30.8 Å². The normalized spacial score (nSPS) is 22.8. The molecule has 1 aromatic rings. The van der Waals surface area contributed by atoms with E-state index in [4.69, 9.17) is 0 Å². The number of aromatic nitrogens is 1. The van der Waals surface area contributed by atoms with Gasteiger partial charge in [0.05, 0.1) is 5.56 Å². The van der Waals surface area contributed by atoms with Crippen molar-refractivity contribution in [3.63, 3.8) is 0 Å². The summed E-state index contributed by atoms with van der Waals surface area (Å²) in [7, 11) is 1.93. The van der Waals surface area contributed by atoms with E-state index in [1.165, 1.54) is 18.5 Å². The second-order valence-corrected chi connectivity index (χ2v) is 5.95. The van der Waals surface area contributed by atoms with Crippen LogP contribution in [0.1, 0.15) is 47.1 Å². The molecule has 0 radical (unpaired) electrons. The van der Waals surface area contributed by atoms with E-state index in [2.05, 4.69) is 29.8 Å². The molecule has 1 amide bonds. The maximum absolute atomic E-state index is 12.6. The third-order valence-corrected chi connectivity index (χ3v) is 4.53. The first-order valence-electron chi connectivity index (χ1n) is 7.26. The SMILES string of the molecule is Cc1cc(C(=O)N(C)[C@@H]2CCNC2)c(C)n1C1CC1. The summed E-state index contributed by atoms with van der Waals surface area (Å²) < 4.78 is 2.34. The van der Waals surface area contributed by atoms with Gasteiger partial charge in [0.1, 0.15) is 0 Å². The summed E-state index contributed by atoms with van der Waals surface area (Å²) in [4.78, 5) is 14.6. The van der Waals surface area contributed by atoms with Gasteiger partial charge >= 0.3 is 0 Å². The first kappa shape index (κ1) is 12.7. The molecule has 0 aromatic carbocycles. The molecule has 1 aliphatic heterocycles. The summed E-state index contributed by atoms with van der Waals surface area (Å²) >= 11 is 0. The van der Waals surface area contributed by atoms with Crippen molar-refractivity contribution in [3.05, 3.63) is 23.0 Å². The third kappa shape index (κ3) is 2.18. The van der Waals surface area contributed by atoms with Crippen molar-refractivity contribution in [2.45, 2.75) is 45.2 Å². The van der Waals surface area contributed by atoms with Crippen molar-refractivity contribution in [2.75, 3.05) is 20.1 Å². The van der Waals surface area contributed by atoms with Gasteiger partial charge in [0.25, 0.3) is 5.91 Å². The average molecular weight is 261 g/mol. The van der Waals surface area contributed by atoms with Crippen molar-refractivity contribution in [3.8, 4) is 0 Å². The number of nitrogens with zero attached hydrogens (tertiary/aromatic N) is 2. The van der Waals surface area contributed by atoms with Crippen molar-refractivity contribution >= 4 is 5.91 Å². The molecule has 0 spiro atoms. The Hall–Kier alpha value is -1.29. The monoisotopic (exact) mass is 261 g/mol. The maximum Gasteiger partial charge on any atom is 0.255 e. The van der Waals surface area contributed by atoms with E-state index >= 15 is 0 Å². The molecule has 4 nitrogen and oxygen atoms in total. The molecule has 19 heavy (non-hydrogen) atoms. The van der Waals surface area contributed by atoms with Gasteiger partial charge in [-0.15, -0.1) is 0 Å². The van der Waals surface area contributed by atoms with Crippen LogP contribution >= 0.6 is 0 Å². The average Bonchev–Trinajstić information content (AvgIpc) is 2.97. The Labute approximate surface area is 114 Å². The van der Waals surface area contributed by atoms with Crippen LogP contribution < -0.4 is 5.32 Å². The minimum Gasteiger partial charge on any atom is -0.345 e. The number of amides is 1. The lowest BCUT2D eigenvalue weighted by Gasteiger charge is -2.23. The number of nitrogens with one attached hydrogen (secondary N) is 1. The van der Waals surface area contributed by atoms with Crippen molar-refractivity contribution in [1.29, 1.82) is 0 Å². The molecule has 3 rings (SSSR count). The van der Waals surface area contributed by atoms with Crippen LogP contribution in [0.15, 0.2) is 6.07 Å². The minimum absolute atomic E-state index is 0.175. The van der Waals surface area contributed by atoms with Crippen LogP contribution in [0.5, 0.6) is 0 Å². The quantitative estimate of drug-likeness (QED) is 0.902. The Morgan fingerprint density at radius 2 is 2.11 bits per heavy atom. The maximum atomic E-state index is 12.6. The molecular formula is C15H23N3O. The topological polar surface area (TPSA) is 37.3 Å². The Morgan fingerprint density at radius 1 is 1.37 bits per heavy atom. The number of rotatable bonds is 3. The van der Waals surface area contributed by atoms with Crippen LogP contribution in [-0.4, -0.2) is 41.6 Å². The predicted octanol–water partition coefficient (Wildman–Crippen LogP) is 1.87. The van der Waals surface area contributed by atoms with Gasteiger partial charge in [-0.1, -0.05) is 0 Å². The van der Waals surface area contributed by atoms with Crippen molar-refractivity contribution < 1.29 is 4.79 Å². The number of likely N-dealkylation sites (N-methyl/N-ethyl adjacent to an activating group) is 1. The lowest BCUT2D eigenvalue weighted by atomic mass is 10.1. The van der Waals surface area contributed by atoms with Crippen LogP contribution in [0.2, 0.25) is 0 Å². The molecule has 1 saturated carbocycles. The van der Waals surface area contributed by atoms with Gasteiger partial charge in [-0.2, -0.15) is 0 Å². The highest BCUT2D eigenvalue weighted by molar-refractivity contribution is 5.95. The zero-order chi connectivity index (χ0) is 13.6. The van der Waals surface area contributed by atoms with Gasteiger partial charge in [0.15, 0.2) is 0 Å². The molecule has 1 saturated heterocycles. The van der Waals surface area contributed by atoms with Gasteiger partial charge in [0.2, 0.25) is 0 Å². The van der Waals surface area contributed by atoms with Gasteiger partial charge < -0.3 is 14.8 Å². The molecule has 1 aliphatic carbocycles. The third-order valence-electron chi connectivity index (χ3n) is 4.53. The Kier molecular flexibility index (Phi) is 3.13. The Bertz CT molecular complexity index is 496. The lowest BCUT2D eigenvalue weighted by molar-refractivity contribution is 0.0743. The second kappa shape index (κ2) is 4.67. The largest absolute Gasteiger partial charge is 0.345 e. The molecule has 104 valence electrons. The minimum atomic E-state index is 0.175. The Morgan fingerprint density at radius 3 is 2.68 bits per heavy atom. The van der Waals surface area contributed by atoms with Gasteiger partial charge in [-0.05, 0) is 45.7 Å². The Balaban J connectivity index is 1.84. The van der Waals surface area contributed by atoms with E-state index in [0.29, 0.717) is 12.1 Å². The highest BCUT2D eigenvalue weighted by Gasteiger charge is 2.30. The zero-order valence-electron chi connectivity index (χ0n) is 12.1. The molecule has 2 heterocycles. The van der Waals surface area contributed by atoms with Crippen LogP contribution in [0.25, 0.3) is 0 Å². The van der Waals surface area contributed by atoms with Gasteiger partial charge in [-0.3, -0.25) is 4.79 Å². The molecule has 0 unspecified atom stereocenters. The van der Waals surface area contributed by atoms with E-state index in [1.54, 1.807) is 0 Å². The number of carbonyl (C=O) groups excluding carboxylic acids is 1. The lowest BCUT2D eigenvalue weighted by Crippen LogP contribution is -2.38. The van der Waals surface area contributed by atoms with Crippen LogP contribution in [-0.2, 0) is 0 Å². The molecule has 2 aliphatic rings. The number of aryl methyl sites for hydroxylation is 1. The van der Waals surface area contributed by atoms with E-state index in [-0.39, 0.29) is 5.91 Å². The summed E-state index contributed by atoms with van der Waals surface area (Å²) in [6.07, 6.45) is 3.57. The van der Waals surface area contributed by atoms with Crippen LogP contribution in [0.3, 0.4) is 0 Å². The summed E-state index contributed by atoms with van der Waals surface area (Å²) in [6.45, 7) is 6.13. The summed E-state index contributed by atoms with van der Waals surface area (Å²) in [5.41, 5.74) is 3.25. The number of hydrogen-bond acceptors (Lipinski definition) is 2. The fourth-order valence-corrected chi connectivity index (χ4v) is 3.21. The van der Waals surface area contributed by atoms with Gasteiger partial charge in [0, 0.05) is 37.1 Å². The molecule has 1 aromatic heterocycles. The van der Waals surface area contributed by atoms with E-state index < -0.39 is 0 Å². The first-order valence-corrected chi connectivity index (χ1v) is 7.26. The zero-order valence-corrected chi connectivity index (χ0v) is 12.1. The summed E-state index contributed by atoms with van der Waals surface area (Å²) in [6, 6.07) is 3.05. The molecule has 4 heteroatoms. The molecule has 1 atom stereocenters. The highest BCUT2D eigenvalue weighted by Crippen LogP contribution is 2.38. The van der Waals surface area contributed by atoms with E-state index in [9.17, 15) is 4.79 Å². The van der Waals surface area contributed by atoms with E-state index in [1.807, 2.05) is 11.9 Å². The summed E-state index contributed by atoms with van der Waals surface area (Å²) in [5.74, 6) is 0.175. The standard InChI is InChI=1S/C15H23N3O/c1-10-8-14(11(2)18(10)12-4-5-12)15(19)17(3)13-6-7-16-9-13/h8,12-13,16H,4-7,9H2,1-3H3/t13-/m1/s1. The van der Waals surface area contributed by atoms with Crippen molar-refractivity contribution in [1.82, 2.24) is 14.8 Å². The number of hydrogen-bond donors (Lipinski definition) is 1. The molecular weight excluding hydrogens is 238 g/mol. The smallest absolute Gasteiger partial charge is 0.255 e. The predicted molar refractivity (Wildman–Crippen MR) is 75.5 cm³/mol. The summed E-state index contributed by atoms with van der Waals surface area (Å²) in [5, 5.41) is 3.32. The highest BCUT2D eigenvalue weighted by atomic mass is 16.2. The number of carbonyl (C=O) groups is 1. The fourth-order valence-electron chi connectivity index (χ4n) is 3.21. The fraction of sp³-hybridized carbons (Fsp3) is 0.667. The van der Waals surface area contributed by atoms with Crippen LogP contribution in [0.4, 0.5) is 0 Å². The molecule has 2 fully saturated rings. The molecule has 0 bridgehead atoms. The van der Waals surface area contributed by atoms with Crippen LogP contribution in [0, 0.1) is 13.8 Å². The second-order valence-electron chi connectivity index (χ2n) is 5.95. The van der Waals surface area contributed by atoms with Gasteiger partial charge in [-0.25, -0.2) is 0 Å². The first-order chi connectivity index (χ1) is 9.09. The van der Waals surface area contributed by atoms with Crippen molar-refractivity contribution in [2.24, 2.45) is 0 Å².